The van der Waals surface area contributed by atoms with Gasteiger partial charge in [-0.1, -0.05) is 31.9 Å². The van der Waals surface area contributed by atoms with E-state index in [4.69, 9.17) is 9.47 Å². The van der Waals surface area contributed by atoms with Crippen molar-refractivity contribution in [2.45, 2.75) is 18.6 Å². The first-order valence-corrected chi connectivity index (χ1v) is 10.3. The molecule has 0 heterocycles. The number of amides is 1. The number of benzene rings is 2. The summed E-state index contributed by atoms with van der Waals surface area (Å²) >= 11 is 9.96. The highest BCUT2D eigenvalue weighted by Gasteiger charge is 2.30. The summed E-state index contributed by atoms with van der Waals surface area (Å²) < 4.78 is 13.0. The lowest BCUT2D eigenvalue weighted by atomic mass is 10.0. The van der Waals surface area contributed by atoms with Gasteiger partial charge in [0.25, 0.3) is 0 Å². The lowest BCUT2D eigenvalue weighted by molar-refractivity contribution is -0.0314. The molecule has 6 nitrogen and oxygen atoms in total. The molecule has 0 aromatic heterocycles. The Morgan fingerprint density at radius 2 is 1.81 bits per heavy atom. The van der Waals surface area contributed by atoms with E-state index in [1.54, 1.807) is 36.4 Å². The molecule has 0 aliphatic rings. The summed E-state index contributed by atoms with van der Waals surface area (Å²) in [6.45, 7) is -0.164. The highest BCUT2D eigenvalue weighted by atomic mass is 79.9. The van der Waals surface area contributed by atoms with Crippen molar-refractivity contribution in [2.24, 2.45) is 0 Å². The van der Waals surface area contributed by atoms with E-state index in [1.807, 2.05) is 0 Å². The molecule has 2 aromatic carbocycles. The maximum Gasteiger partial charge on any atom is 0.412 e. The van der Waals surface area contributed by atoms with Gasteiger partial charge < -0.3 is 19.7 Å². The molecule has 2 aromatic rings. The number of phenolic OH excluding ortho intramolecular Hbond substituents is 1. The van der Waals surface area contributed by atoms with Gasteiger partial charge in [-0.25, -0.2) is 4.79 Å². The zero-order valence-electron chi connectivity index (χ0n) is 14.3. The Morgan fingerprint density at radius 3 is 2.41 bits per heavy atom. The first-order chi connectivity index (χ1) is 12.8. The second-order valence-electron chi connectivity index (χ2n) is 5.57. The maximum absolute atomic E-state index is 12.4. The van der Waals surface area contributed by atoms with E-state index in [0.29, 0.717) is 20.2 Å². The smallest absolute Gasteiger partial charge is 0.412 e. The zero-order chi connectivity index (χ0) is 20.0. The fourth-order valence-corrected chi connectivity index (χ4v) is 3.98. The third-order valence-corrected chi connectivity index (χ3v) is 5.33. The second-order valence-corrected chi connectivity index (χ2v) is 8.26. The number of carbonyl (C=O) groups excluding carboxylic acids is 1. The second kappa shape index (κ2) is 10.4. The van der Waals surface area contributed by atoms with Crippen molar-refractivity contribution >= 4 is 59.6 Å². The molecule has 3 N–H and O–H groups in total. The van der Waals surface area contributed by atoms with Gasteiger partial charge in [0.15, 0.2) is 6.10 Å². The standard InChI is InChI=1S/C18H18Br3NO5/c1-26-15(6-7-23)17(13-8-11(20)9-14(21)16(13)24)27-18(25)22-12-4-2-10(19)3-5-12/h2-5,8-9,15,17,23-24H,6-7H2,1H3,(H,22,25)/t15-,17-/m0/s1. The van der Waals surface area contributed by atoms with E-state index in [2.05, 4.69) is 53.1 Å². The number of ether oxygens (including phenoxy) is 2. The molecule has 9 heteroatoms. The van der Waals surface area contributed by atoms with Crippen LogP contribution in [0.5, 0.6) is 5.75 Å². The number of phenols is 1. The Balaban J connectivity index is 2.30. The van der Waals surface area contributed by atoms with Crippen molar-refractivity contribution in [3.63, 3.8) is 0 Å². The average molecular weight is 568 g/mol. The molecule has 146 valence electrons. The molecule has 2 atom stereocenters. The molecule has 1 amide bonds. The third kappa shape index (κ3) is 6.18. The van der Waals surface area contributed by atoms with Gasteiger partial charge in [-0.05, 0) is 52.3 Å². The summed E-state index contributed by atoms with van der Waals surface area (Å²) in [6.07, 6.45) is -2.09. The minimum absolute atomic E-state index is 0.0698. The van der Waals surface area contributed by atoms with Crippen LogP contribution in [0.3, 0.4) is 0 Å². The van der Waals surface area contributed by atoms with E-state index in [9.17, 15) is 15.0 Å². The van der Waals surface area contributed by atoms with Crippen LogP contribution in [0.1, 0.15) is 18.1 Å². The van der Waals surface area contributed by atoms with E-state index in [-0.39, 0.29) is 18.8 Å². The van der Waals surface area contributed by atoms with Crippen LogP contribution in [0.4, 0.5) is 10.5 Å². The zero-order valence-corrected chi connectivity index (χ0v) is 19.0. The van der Waals surface area contributed by atoms with E-state index < -0.39 is 18.3 Å². The van der Waals surface area contributed by atoms with Crippen molar-refractivity contribution < 1.29 is 24.5 Å². The Labute approximate surface area is 182 Å². The Hall–Kier alpha value is -1.13. The van der Waals surface area contributed by atoms with Gasteiger partial charge in [-0.3, -0.25) is 5.32 Å². The molecule has 0 radical (unpaired) electrons. The van der Waals surface area contributed by atoms with E-state index >= 15 is 0 Å². The lowest BCUT2D eigenvalue weighted by Crippen LogP contribution is -2.29. The summed E-state index contributed by atoms with van der Waals surface area (Å²) in [6, 6.07) is 10.3. The van der Waals surface area contributed by atoms with Crippen LogP contribution in [0.2, 0.25) is 0 Å². The highest BCUT2D eigenvalue weighted by Crippen LogP contribution is 2.39. The number of aliphatic hydroxyl groups excluding tert-OH is 1. The minimum atomic E-state index is -0.939. The Kier molecular flexibility index (Phi) is 8.56. The molecule has 0 aliphatic carbocycles. The fraction of sp³-hybridized carbons (Fsp3) is 0.278. The van der Waals surface area contributed by atoms with Gasteiger partial charge in [0, 0.05) is 40.3 Å². The largest absolute Gasteiger partial charge is 0.506 e. The van der Waals surface area contributed by atoms with E-state index in [1.165, 1.54) is 7.11 Å². The number of aromatic hydroxyl groups is 1. The van der Waals surface area contributed by atoms with E-state index in [0.717, 1.165) is 4.47 Å². The first-order valence-electron chi connectivity index (χ1n) is 7.90. The number of aliphatic hydroxyl groups is 1. The van der Waals surface area contributed by atoms with Crippen LogP contribution in [-0.4, -0.2) is 36.1 Å². The summed E-state index contributed by atoms with van der Waals surface area (Å²) in [4.78, 5) is 12.4. The molecule has 0 aliphatic heterocycles. The van der Waals surface area contributed by atoms with Crippen molar-refractivity contribution in [2.75, 3.05) is 19.0 Å². The minimum Gasteiger partial charge on any atom is -0.506 e. The number of rotatable bonds is 7. The molecule has 27 heavy (non-hydrogen) atoms. The fourth-order valence-electron chi connectivity index (χ4n) is 2.46. The number of hydrogen-bond donors (Lipinski definition) is 3. The Morgan fingerprint density at radius 1 is 1.15 bits per heavy atom. The number of anilines is 1. The van der Waals surface area contributed by atoms with Crippen LogP contribution < -0.4 is 5.32 Å². The molecule has 0 bridgehead atoms. The van der Waals surface area contributed by atoms with Gasteiger partial charge in [0.1, 0.15) is 11.9 Å². The molecule has 0 fully saturated rings. The van der Waals surface area contributed by atoms with Gasteiger partial charge in [-0.15, -0.1) is 0 Å². The van der Waals surface area contributed by atoms with Crippen LogP contribution in [0.15, 0.2) is 49.8 Å². The molecule has 0 unspecified atom stereocenters. The maximum atomic E-state index is 12.4. The van der Waals surface area contributed by atoms with Gasteiger partial charge in [0.05, 0.1) is 4.47 Å². The summed E-state index contributed by atoms with van der Waals surface area (Å²) in [7, 11) is 1.45. The monoisotopic (exact) mass is 565 g/mol. The van der Waals surface area contributed by atoms with Crippen molar-refractivity contribution in [3.05, 3.63) is 55.4 Å². The predicted octanol–water partition coefficient (Wildman–Crippen LogP) is 5.37. The SMILES string of the molecule is CO[C@@H](CCO)[C@@H](OC(=O)Nc1ccc(Br)cc1)c1cc(Br)cc(Br)c1O. The number of nitrogens with one attached hydrogen (secondary N) is 1. The van der Waals surface area contributed by atoms with Crippen molar-refractivity contribution in [3.8, 4) is 5.75 Å². The number of carbonyl (C=O) groups is 1. The molecule has 0 saturated carbocycles. The van der Waals surface area contributed by atoms with Crippen molar-refractivity contribution in [1.29, 1.82) is 0 Å². The molecule has 0 spiro atoms. The van der Waals surface area contributed by atoms with Crippen LogP contribution in [0.25, 0.3) is 0 Å². The van der Waals surface area contributed by atoms with Gasteiger partial charge in [-0.2, -0.15) is 0 Å². The summed E-state index contributed by atoms with van der Waals surface area (Å²) in [5, 5.41) is 22.4. The third-order valence-electron chi connectivity index (χ3n) is 3.74. The number of methoxy groups -OCH3 is 1. The topological polar surface area (TPSA) is 88.0 Å². The van der Waals surface area contributed by atoms with Crippen molar-refractivity contribution in [1.82, 2.24) is 0 Å². The first kappa shape index (κ1) is 22.2. The van der Waals surface area contributed by atoms with Crippen LogP contribution in [0, 0.1) is 0 Å². The quantitative estimate of drug-likeness (QED) is 0.419. The molecular weight excluding hydrogens is 550 g/mol. The average Bonchev–Trinajstić information content (AvgIpc) is 2.63. The highest BCUT2D eigenvalue weighted by molar-refractivity contribution is 9.11. The number of halogens is 3. The molecule has 2 rings (SSSR count). The van der Waals surface area contributed by atoms with Gasteiger partial charge >= 0.3 is 6.09 Å². The van der Waals surface area contributed by atoms with Gasteiger partial charge in [0.2, 0.25) is 0 Å². The number of hydrogen-bond acceptors (Lipinski definition) is 5. The van der Waals surface area contributed by atoms with Crippen LogP contribution in [-0.2, 0) is 9.47 Å². The lowest BCUT2D eigenvalue weighted by Gasteiger charge is -2.27. The molecular formula is C18H18Br3NO5. The normalized spacial score (nSPS) is 13.1. The summed E-state index contributed by atoms with van der Waals surface area (Å²) in [5.74, 6) is -0.0698. The summed E-state index contributed by atoms with van der Waals surface area (Å²) in [5.41, 5.74) is 0.903. The Bertz CT molecular complexity index is 785. The molecule has 0 saturated heterocycles. The van der Waals surface area contributed by atoms with Crippen LogP contribution >= 0.6 is 47.8 Å². The predicted molar refractivity (Wildman–Crippen MR) is 113 cm³/mol.